The van der Waals surface area contributed by atoms with Gasteiger partial charge in [-0.15, -0.1) is 0 Å². The standard InChI is InChI=1S/C10H20N4/c11-10(12)13-5-6-14-7-8-1-3-9(14)4-2-8/h8-9H,1-7H2,(H4,11,12,13). The molecule has 3 rings (SSSR count). The second-order valence-corrected chi connectivity index (χ2v) is 4.48. The largest absolute Gasteiger partial charge is 0.370 e. The highest BCUT2D eigenvalue weighted by atomic mass is 15.2. The molecule has 2 aliphatic heterocycles. The molecule has 0 spiro atoms. The predicted octanol–water partition coefficient (Wildman–Crippen LogP) is 0.134. The molecular formula is C10H20N4. The molecule has 4 nitrogen and oxygen atoms in total. The van der Waals surface area contributed by atoms with E-state index in [1.165, 1.54) is 32.2 Å². The molecular weight excluding hydrogens is 176 g/mol. The smallest absolute Gasteiger partial charge is 0.185 e. The fraction of sp³-hybridized carbons (Fsp3) is 0.900. The lowest BCUT2D eigenvalue weighted by atomic mass is 9.80. The van der Waals surface area contributed by atoms with Crippen molar-refractivity contribution in [3.63, 3.8) is 0 Å². The second-order valence-electron chi connectivity index (χ2n) is 4.48. The molecule has 1 saturated carbocycles. The minimum atomic E-state index is 0.215. The van der Waals surface area contributed by atoms with Crippen LogP contribution in [0.5, 0.6) is 0 Å². The molecule has 0 aromatic heterocycles. The van der Waals surface area contributed by atoms with Crippen molar-refractivity contribution in [1.82, 2.24) is 4.90 Å². The van der Waals surface area contributed by atoms with Crippen molar-refractivity contribution in [3.8, 4) is 0 Å². The molecule has 2 heterocycles. The van der Waals surface area contributed by atoms with Crippen molar-refractivity contribution < 1.29 is 0 Å². The summed E-state index contributed by atoms with van der Waals surface area (Å²) in [5.74, 6) is 1.16. The summed E-state index contributed by atoms with van der Waals surface area (Å²) < 4.78 is 0. The van der Waals surface area contributed by atoms with Crippen molar-refractivity contribution in [2.45, 2.75) is 31.7 Å². The number of aliphatic imine (C=N–C) groups is 1. The molecule has 80 valence electrons. The zero-order valence-corrected chi connectivity index (χ0v) is 8.65. The maximum Gasteiger partial charge on any atom is 0.185 e. The summed E-state index contributed by atoms with van der Waals surface area (Å²) >= 11 is 0. The minimum Gasteiger partial charge on any atom is -0.370 e. The van der Waals surface area contributed by atoms with E-state index >= 15 is 0 Å². The van der Waals surface area contributed by atoms with Crippen LogP contribution in [0.4, 0.5) is 0 Å². The number of hydrogen-bond donors (Lipinski definition) is 2. The van der Waals surface area contributed by atoms with E-state index in [-0.39, 0.29) is 5.96 Å². The normalized spacial score (nSPS) is 31.7. The molecule has 0 radical (unpaired) electrons. The van der Waals surface area contributed by atoms with Gasteiger partial charge >= 0.3 is 0 Å². The van der Waals surface area contributed by atoms with Crippen LogP contribution in [0.15, 0.2) is 4.99 Å². The summed E-state index contributed by atoms with van der Waals surface area (Å²) in [6, 6.07) is 0.814. The molecule has 0 amide bonds. The molecule has 1 aliphatic carbocycles. The third kappa shape index (κ3) is 2.18. The van der Waals surface area contributed by atoms with Crippen LogP contribution in [0.3, 0.4) is 0 Å². The number of rotatable bonds is 3. The van der Waals surface area contributed by atoms with E-state index in [4.69, 9.17) is 11.5 Å². The van der Waals surface area contributed by atoms with Crippen LogP contribution in [0.1, 0.15) is 25.7 Å². The van der Waals surface area contributed by atoms with Crippen LogP contribution in [0, 0.1) is 5.92 Å². The molecule has 4 heteroatoms. The Morgan fingerprint density at radius 3 is 2.43 bits per heavy atom. The minimum absolute atomic E-state index is 0.215. The van der Waals surface area contributed by atoms with Gasteiger partial charge in [0.1, 0.15) is 0 Å². The third-order valence-electron chi connectivity index (χ3n) is 3.51. The molecule has 0 unspecified atom stereocenters. The van der Waals surface area contributed by atoms with Crippen LogP contribution in [-0.2, 0) is 0 Å². The van der Waals surface area contributed by atoms with Gasteiger partial charge in [0.2, 0.25) is 0 Å². The Labute approximate surface area is 85.3 Å². The highest BCUT2D eigenvalue weighted by Crippen LogP contribution is 2.34. The Kier molecular flexibility index (Phi) is 2.91. The molecule has 0 aromatic carbocycles. The molecule has 3 aliphatic rings. The first-order chi connectivity index (χ1) is 6.75. The lowest BCUT2D eigenvalue weighted by Gasteiger charge is -2.45. The van der Waals surface area contributed by atoms with Crippen molar-refractivity contribution in [2.75, 3.05) is 19.6 Å². The first kappa shape index (κ1) is 9.77. The van der Waals surface area contributed by atoms with Gasteiger partial charge < -0.3 is 11.5 Å². The first-order valence-electron chi connectivity index (χ1n) is 5.55. The molecule has 14 heavy (non-hydrogen) atoms. The van der Waals surface area contributed by atoms with Gasteiger partial charge in [-0.25, -0.2) is 0 Å². The SMILES string of the molecule is NC(N)=NCCN1CC2CCC1CC2. The summed E-state index contributed by atoms with van der Waals surface area (Å²) in [5, 5.41) is 0. The van der Waals surface area contributed by atoms with Gasteiger partial charge in [0.05, 0.1) is 6.54 Å². The third-order valence-corrected chi connectivity index (χ3v) is 3.51. The zero-order chi connectivity index (χ0) is 9.97. The summed E-state index contributed by atoms with van der Waals surface area (Å²) in [7, 11) is 0. The van der Waals surface area contributed by atoms with Gasteiger partial charge in [0.25, 0.3) is 0 Å². The average Bonchev–Trinajstić information content (AvgIpc) is 2.19. The Bertz CT molecular complexity index is 214. The number of fused-ring (bicyclic) bond motifs is 3. The van der Waals surface area contributed by atoms with E-state index in [1.807, 2.05) is 0 Å². The number of nitrogens with zero attached hydrogens (tertiary/aromatic N) is 2. The van der Waals surface area contributed by atoms with E-state index in [1.54, 1.807) is 0 Å². The van der Waals surface area contributed by atoms with Gasteiger partial charge in [0.15, 0.2) is 5.96 Å². The summed E-state index contributed by atoms with van der Waals surface area (Å²) in [6.07, 6.45) is 5.63. The van der Waals surface area contributed by atoms with Crippen molar-refractivity contribution in [3.05, 3.63) is 0 Å². The monoisotopic (exact) mass is 196 g/mol. The number of guanidine groups is 1. The maximum absolute atomic E-state index is 5.29. The summed E-state index contributed by atoms with van der Waals surface area (Å²) in [6.45, 7) is 3.05. The Morgan fingerprint density at radius 1 is 1.21 bits per heavy atom. The maximum atomic E-state index is 5.29. The number of hydrogen-bond acceptors (Lipinski definition) is 2. The van der Waals surface area contributed by atoms with Crippen LogP contribution < -0.4 is 11.5 Å². The van der Waals surface area contributed by atoms with E-state index in [9.17, 15) is 0 Å². The van der Waals surface area contributed by atoms with Crippen molar-refractivity contribution in [2.24, 2.45) is 22.4 Å². The van der Waals surface area contributed by atoms with E-state index < -0.39 is 0 Å². The quantitative estimate of drug-likeness (QED) is 0.498. The Balaban J connectivity index is 1.78. The molecule has 4 N–H and O–H groups in total. The second kappa shape index (κ2) is 4.17. The molecule has 3 fully saturated rings. The molecule has 2 saturated heterocycles. The lowest BCUT2D eigenvalue weighted by molar-refractivity contribution is 0.0520. The Hall–Kier alpha value is -0.770. The van der Waals surface area contributed by atoms with Crippen LogP contribution in [-0.4, -0.2) is 36.5 Å². The highest BCUT2D eigenvalue weighted by Gasteiger charge is 2.32. The zero-order valence-electron chi connectivity index (χ0n) is 8.65. The summed E-state index contributed by atoms with van der Waals surface area (Å²) in [5.41, 5.74) is 10.6. The van der Waals surface area contributed by atoms with Crippen LogP contribution in [0.2, 0.25) is 0 Å². The molecule has 0 aromatic rings. The van der Waals surface area contributed by atoms with Crippen molar-refractivity contribution >= 4 is 5.96 Å². The van der Waals surface area contributed by atoms with E-state index in [2.05, 4.69) is 9.89 Å². The fourth-order valence-corrected chi connectivity index (χ4v) is 2.75. The van der Waals surface area contributed by atoms with Gasteiger partial charge in [-0.3, -0.25) is 9.89 Å². The number of nitrogens with two attached hydrogens (primary N) is 2. The van der Waals surface area contributed by atoms with E-state index in [0.29, 0.717) is 0 Å². The van der Waals surface area contributed by atoms with E-state index in [0.717, 1.165) is 25.0 Å². The van der Waals surface area contributed by atoms with Gasteiger partial charge in [-0.1, -0.05) is 0 Å². The van der Waals surface area contributed by atoms with Gasteiger partial charge in [-0.05, 0) is 31.6 Å². The lowest BCUT2D eigenvalue weighted by Crippen LogP contribution is -2.48. The number of piperidine rings is 2. The topological polar surface area (TPSA) is 67.6 Å². The van der Waals surface area contributed by atoms with Gasteiger partial charge in [-0.2, -0.15) is 0 Å². The predicted molar refractivity (Wildman–Crippen MR) is 58.0 cm³/mol. The first-order valence-corrected chi connectivity index (χ1v) is 5.55. The Morgan fingerprint density at radius 2 is 1.93 bits per heavy atom. The summed E-state index contributed by atoms with van der Waals surface area (Å²) in [4.78, 5) is 6.59. The van der Waals surface area contributed by atoms with Gasteiger partial charge in [0, 0.05) is 19.1 Å². The average molecular weight is 196 g/mol. The van der Waals surface area contributed by atoms with Crippen molar-refractivity contribution in [1.29, 1.82) is 0 Å². The fourth-order valence-electron chi connectivity index (χ4n) is 2.75. The molecule has 0 atom stereocenters. The molecule has 2 bridgehead atoms. The van der Waals surface area contributed by atoms with Crippen LogP contribution in [0.25, 0.3) is 0 Å². The van der Waals surface area contributed by atoms with Crippen LogP contribution >= 0.6 is 0 Å². The highest BCUT2D eigenvalue weighted by molar-refractivity contribution is 5.75.